The van der Waals surface area contributed by atoms with Gasteiger partial charge in [0.15, 0.2) is 0 Å². The maximum atomic E-state index is 12.8. The van der Waals surface area contributed by atoms with Crippen LogP contribution in [0, 0.1) is 0 Å². The fraction of sp³-hybridized carbons (Fsp3) is 0.714. The summed E-state index contributed by atoms with van der Waals surface area (Å²) in [4.78, 5) is 2.64. The second-order valence-electron chi connectivity index (χ2n) is 5.71. The van der Waals surface area contributed by atoms with Gasteiger partial charge in [-0.15, -0.1) is 0 Å². The maximum absolute atomic E-state index is 12.8. The number of hydrogen-bond acceptors (Lipinski definition) is 4. The van der Waals surface area contributed by atoms with Crippen LogP contribution < -0.4 is 5.32 Å². The van der Waals surface area contributed by atoms with Crippen molar-refractivity contribution in [1.29, 1.82) is 0 Å². The smallest absolute Gasteiger partial charge is 0.244 e. The van der Waals surface area contributed by atoms with E-state index in [1.165, 1.54) is 0 Å². The van der Waals surface area contributed by atoms with Crippen molar-refractivity contribution in [3.8, 4) is 0 Å². The molecule has 1 fully saturated rings. The van der Waals surface area contributed by atoms with Gasteiger partial charge in [0.25, 0.3) is 0 Å². The molecule has 0 radical (unpaired) electrons. The molecule has 1 aliphatic rings. The lowest BCUT2D eigenvalue weighted by atomic mass is 10.1. The van der Waals surface area contributed by atoms with Crippen molar-refractivity contribution >= 4 is 10.0 Å². The Morgan fingerprint density at radius 2 is 2.05 bits per heavy atom. The van der Waals surface area contributed by atoms with Crippen molar-refractivity contribution in [2.45, 2.75) is 30.8 Å². The van der Waals surface area contributed by atoms with Crippen LogP contribution in [0.2, 0.25) is 0 Å². The van der Waals surface area contributed by atoms with Gasteiger partial charge in [-0.1, -0.05) is 6.92 Å². The van der Waals surface area contributed by atoms with Crippen LogP contribution in [0.4, 0.5) is 0 Å². The summed E-state index contributed by atoms with van der Waals surface area (Å²) in [6, 6.07) is 2.07. The summed E-state index contributed by atoms with van der Waals surface area (Å²) in [5, 5.41) is 3.06. The topological polar surface area (TPSA) is 57.6 Å². The van der Waals surface area contributed by atoms with Gasteiger partial charge in [-0.2, -0.15) is 4.31 Å². The van der Waals surface area contributed by atoms with Gasteiger partial charge in [-0.25, -0.2) is 8.42 Å². The molecule has 0 amide bonds. The molecule has 0 aliphatic carbocycles. The molecule has 120 valence electrons. The summed E-state index contributed by atoms with van der Waals surface area (Å²) in [6.45, 7) is 4.68. The quantitative estimate of drug-likeness (QED) is 0.858. The number of piperazine rings is 1. The van der Waals surface area contributed by atoms with E-state index in [-0.39, 0.29) is 0 Å². The van der Waals surface area contributed by atoms with Crippen LogP contribution in [0.3, 0.4) is 0 Å². The van der Waals surface area contributed by atoms with Crippen LogP contribution in [0.15, 0.2) is 17.2 Å². The number of nitrogens with zero attached hydrogens (tertiary/aromatic N) is 3. The predicted octanol–water partition coefficient (Wildman–Crippen LogP) is 0.459. The molecule has 0 saturated carbocycles. The fourth-order valence-electron chi connectivity index (χ4n) is 2.80. The van der Waals surface area contributed by atoms with Gasteiger partial charge in [0.2, 0.25) is 10.0 Å². The second-order valence-corrected chi connectivity index (χ2v) is 7.65. The molecule has 6 nitrogen and oxygen atoms in total. The van der Waals surface area contributed by atoms with Gasteiger partial charge >= 0.3 is 0 Å². The molecule has 1 saturated heterocycles. The highest BCUT2D eigenvalue weighted by molar-refractivity contribution is 7.89. The number of aryl methyl sites for hydroxylation is 1. The third kappa shape index (κ3) is 3.31. The van der Waals surface area contributed by atoms with Crippen LogP contribution in [0.5, 0.6) is 0 Å². The average molecular weight is 314 g/mol. The molecule has 1 aliphatic heterocycles. The molecule has 1 atom stereocenters. The molecule has 1 unspecified atom stereocenters. The molecule has 0 aromatic carbocycles. The number of nitrogens with one attached hydrogen (secondary N) is 1. The highest BCUT2D eigenvalue weighted by Crippen LogP contribution is 2.22. The van der Waals surface area contributed by atoms with E-state index in [2.05, 4.69) is 24.2 Å². The number of rotatable bonds is 5. The van der Waals surface area contributed by atoms with Crippen molar-refractivity contribution < 1.29 is 8.42 Å². The van der Waals surface area contributed by atoms with E-state index in [9.17, 15) is 8.42 Å². The average Bonchev–Trinajstić information content (AvgIpc) is 2.82. The van der Waals surface area contributed by atoms with E-state index in [1.807, 2.05) is 18.7 Å². The number of hydrogen-bond donors (Lipinski definition) is 1. The minimum absolute atomic E-state index is 0.300. The first-order valence-electron chi connectivity index (χ1n) is 7.40. The van der Waals surface area contributed by atoms with Crippen molar-refractivity contribution in [2.75, 3.05) is 33.7 Å². The third-order valence-electron chi connectivity index (χ3n) is 4.29. The van der Waals surface area contributed by atoms with Crippen molar-refractivity contribution in [3.63, 3.8) is 0 Å². The Labute approximate surface area is 127 Å². The van der Waals surface area contributed by atoms with Gasteiger partial charge in [-0.3, -0.25) is 0 Å². The first kappa shape index (κ1) is 16.5. The minimum Gasteiger partial charge on any atom is -0.352 e. The van der Waals surface area contributed by atoms with Gasteiger partial charge in [0, 0.05) is 51.2 Å². The van der Waals surface area contributed by atoms with E-state index in [4.69, 9.17) is 0 Å². The van der Waals surface area contributed by atoms with Gasteiger partial charge in [-0.05, 0) is 26.6 Å². The zero-order valence-electron chi connectivity index (χ0n) is 13.3. The lowest BCUT2D eigenvalue weighted by Gasteiger charge is -2.38. The highest BCUT2D eigenvalue weighted by Gasteiger charge is 2.32. The van der Waals surface area contributed by atoms with Crippen LogP contribution in [0.25, 0.3) is 0 Å². The summed E-state index contributed by atoms with van der Waals surface area (Å²) in [5.74, 6) is 0. The molecule has 21 heavy (non-hydrogen) atoms. The normalized spacial score (nSPS) is 21.8. The molecule has 0 bridgehead atoms. The molecule has 1 aromatic heterocycles. The van der Waals surface area contributed by atoms with Crippen LogP contribution in [0.1, 0.15) is 19.0 Å². The number of likely N-dealkylation sites (N-methyl/N-ethyl adjacent to an activating group) is 1. The standard InChI is InChI=1S/C14H26N4O2S/c1-5-12-10-18(7-6-16(12)3)21(19,20)14-8-13(9-15-2)17(4)11-14/h8,11-12,15H,5-7,9-10H2,1-4H3. The largest absolute Gasteiger partial charge is 0.352 e. The Morgan fingerprint density at radius 1 is 1.33 bits per heavy atom. The Bertz CT molecular complexity index is 582. The second kappa shape index (κ2) is 6.48. The first-order valence-corrected chi connectivity index (χ1v) is 8.84. The molecule has 7 heteroatoms. The summed E-state index contributed by atoms with van der Waals surface area (Å²) < 4.78 is 29.1. The highest BCUT2D eigenvalue weighted by atomic mass is 32.2. The lowest BCUT2D eigenvalue weighted by molar-refractivity contribution is 0.144. The van der Waals surface area contributed by atoms with Gasteiger partial charge in [0.1, 0.15) is 4.90 Å². The van der Waals surface area contributed by atoms with E-state index >= 15 is 0 Å². The van der Waals surface area contributed by atoms with Crippen molar-refractivity contribution in [3.05, 3.63) is 18.0 Å². The SMILES string of the molecule is CCC1CN(S(=O)(=O)c2cc(CNC)n(C)c2)CCN1C. The molecule has 1 aromatic rings. The molecular formula is C14H26N4O2S. The molecule has 0 spiro atoms. The van der Waals surface area contributed by atoms with E-state index < -0.39 is 10.0 Å². The van der Waals surface area contributed by atoms with E-state index in [0.29, 0.717) is 30.6 Å². The van der Waals surface area contributed by atoms with E-state index in [0.717, 1.165) is 18.7 Å². The van der Waals surface area contributed by atoms with Crippen LogP contribution >= 0.6 is 0 Å². The van der Waals surface area contributed by atoms with Gasteiger partial charge in [0.05, 0.1) is 0 Å². The summed E-state index contributed by atoms with van der Waals surface area (Å²) in [7, 11) is 2.40. The number of sulfonamides is 1. The van der Waals surface area contributed by atoms with Gasteiger partial charge < -0.3 is 14.8 Å². The Hall–Kier alpha value is -0.890. The maximum Gasteiger partial charge on any atom is 0.244 e. The Kier molecular flexibility index (Phi) is 5.08. The third-order valence-corrected chi connectivity index (χ3v) is 6.12. The van der Waals surface area contributed by atoms with Crippen molar-refractivity contribution in [1.82, 2.24) is 19.1 Å². The lowest BCUT2D eigenvalue weighted by Crippen LogP contribution is -2.52. The zero-order valence-corrected chi connectivity index (χ0v) is 14.2. The molecule has 2 rings (SSSR count). The molecule has 1 N–H and O–H groups in total. The number of aromatic nitrogens is 1. The fourth-order valence-corrected chi connectivity index (χ4v) is 4.37. The predicted molar refractivity (Wildman–Crippen MR) is 83.6 cm³/mol. The summed E-state index contributed by atoms with van der Waals surface area (Å²) >= 11 is 0. The summed E-state index contributed by atoms with van der Waals surface area (Å²) in [6.07, 6.45) is 2.67. The molecular weight excluding hydrogens is 288 g/mol. The zero-order chi connectivity index (χ0) is 15.6. The van der Waals surface area contributed by atoms with E-state index in [1.54, 1.807) is 16.6 Å². The monoisotopic (exact) mass is 314 g/mol. The minimum atomic E-state index is -3.39. The first-order chi connectivity index (χ1) is 9.90. The summed E-state index contributed by atoms with van der Waals surface area (Å²) in [5.41, 5.74) is 0.970. The van der Waals surface area contributed by atoms with Crippen LogP contribution in [-0.2, 0) is 23.6 Å². The Morgan fingerprint density at radius 3 is 2.67 bits per heavy atom. The van der Waals surface area contributed by atoms with Crippen LogP contribution in [-0.4, -0.2) is 62.0 Å². The van der Waals surface area contributed by atoms with Crippen molar-refractivity contribution in [2.24, 2.45) is 7.05 Å². The molecule has 2 heterocycles. The Balaban J connectivity index is 2.23.